The molecule has 4 atom stereocenters. The number of carbonyl (C=O) groups excluding carboxylic acids is 3. The Balaban J connectivity index is 1.71. The number of Topliss-reactive ketones (excluding diaryl/α,β-unsaturated/α-hetero) is 1. The van der Waals surface area contributed by atoms with E-state index >= 15 is 0 Å². The van der Waals surface area contributed by atoms with E-state index in [0.717, 1.165) is 0 Å². The van der Waals surface area contributed by atoms with Gasteiger partial charge in [-0.15, -0.1) is 0 Å². The highest BCUT2D eigenvalue weighted by atomic mass is 16.5. The van der Waals surface area contributed by atoms with Gasteiger partial charge < -0.3 is 4.74 Å². The highest BCUT2D eigenvalue weighted by Gasteiger charge is 2.65. The van der Waals surface area contributed by atoms with E-state index in [1.54, 1.807) is 24.3 Å². The molecule has 0 spiro atoms. The molecular formula is C17H15NO4. The van der Waals surface area contributed by atoms with E-state index in [9.17, 15) is 14.4 Å². The summed E-state index contributed by atoms with van der Waals surface area (Å²) in [4.78, 5) is 38.0. The van der Waals surface area contributed by atoms with Gasteiger partial charge in [0.2, 0.25) is 11.8 Å². The molecule has 112 valence electrons. The highest BCUT2D eigenvalue weighted by Crippen LogP contribution is 2.52. The number of rotatable bonds is 2. The minimum atomic E-state index is -0.684. The van der Waals surface area contributed by atoms with Gasteiger partial charge in [-0.05, 0) is 38.1 Å². The third-order valence-electron chi connectivity index (χ3n) is 4.86. The number of nitrogens with zero attached hydrogens (tertiary/aromatic N) is 1. The van der Waals surface area contributed by atoms with Crippen molar-refractivity contribution in [3.8, 4) is 0 Å². The molecule has 1 aromatic rings. The lowest BCUT2D eigenvalue weighted by Gasteiger charge is -2.24. The zero-order valence-electron chi connectivity index (χ0n) is 12.3. The van der Waals surface area contributed by atoms with Crippen molar-refractivity contribution in [1.82, 2.24) is 0 Å². The van der Waals surface area contributed by atoms with Crippen LogP contribution in [0, 0.1) is 11.8 Å². The van der Waals surface area contributed by atoms with Crippen LogP contribution in [0.1, 0.15) is 24.2 Å². The van der Waals surface area contributed by atoms with E-state index in [2.05, 4.69) is 0 Å². The average molecular weight is 297 g/mol. The third-order valence-corrected chi connectivity index (χ3v) is 4.86. The summed E-state index contributed by atoms with van der Waals surface area (Å²) < 4.78 is 5.78. The van der Waals surface area contributed by atoms with Crippen LogP contribution in [0.3, 0.4) is 0 Å². The molecule has 0 N–H and O–H groups in total. The van der Waals surface area contributed by atoms with Crippen molar-refractivity contribution >= 4 is 23.3 Å². The molecule has 0 saturated carbocycles. The predicted molar refractivity (Wildman–Crippen MR) is 78.3 cm³/mol. The van der Waals surface area contributed by atoms with Crippen LogP contribution in [-0.2, 0) is 14.3 Å². The Morgan fingerprint density at radius 3 is 2.45 bits per heavy atom. The first-order valence-electron chi connectivity index (χ1n) is 7.28. The first-order chi connectivity index (χ1) is 10.4. The topological polar surface area (TPSA) is 63.7 Å². The van der Waals surface area contributed by atoms with Crippen LogP contribution in [0.4, 0.5) is 5.69 Å². The van der Waals surface area contributed by atoms with Crippen molar-refractivity contribution in [2.75, 3.05) is 4.90 Å². The van der Waals surface area contributed by atoms with Gasteiger partial charge in [-0.1, -0.05) is 12.2 Å². The Labute approximate surface area is 127 Å². The first kappa shape index (κ1) is 13.4. The molecule has 5 nitrogen and oxygen atoms in total. The van der Waals surface area contributed by atoms with E-state index in [1.165, 1.54) is 11.8 Å². The fraction of sp³-hybridized carbons (Fsp3) is 0.353. The minimum absolute atomic E-state index is 0.0503. The summed E-state index contributed by atoms with van der Waals surface area (Å²) in [5.74, 6) is -1.38. The molecule has 1 aromatic carbocycles. The SMILES string of the molecule is CC(=O)c1ccc(N2C(=O)[C@H]3[C@@H](C2=O)[C@@]2(C)C=C[C@H]3O2)cc1. The summed E-state index contributed by atoms with van der Waals surface area (Å²) in [5.41, 5.74) is 0.383. The van der Waals surface area contributed by atoms with Crippen LogP contribution < -0.4 is 4.90 Å². The average Bonchev–Trinajstić information content (AvgIpc) is 3.08. The maximum Gasteiger partial charge on any atom is 0.241 e. The number of imide groups is 1. The van der Waals surface area contributed by atoms with Crippen molar-refractivity contribution in [1.29, 1.82) is 0 Å². The van der Waals surface area contributed by atoms with Crippen LogP contribution in [0.15, 0.2) is 36.4 Å². The molecule has 3 aliphatic heterocycles. The molecule has 2 bridgehead atoms. The van der Waals surface area contributed by atoms with Gasteiger partial charge >= 0.3 is 0 Å². The molecule has 4 rings (SSSR count). The Kier molecular flexibility index (Phi) is 2.52. The standard InChI is InChI=1S/C17H15NO4/c1-9(19)10-3-5-11(6-4-10)18-15(20)13-12-7-8-17(2,22-12)14(13)16(18)21/h3-8,12-14H,1-2H3/t12-,13-,14+,17-/m1/s1. The van der Waals surface area contributed by atoms with Gasteiger partial charge in [0, 0.05) is 5.56 Å². The molecule has 5 heteroatoms. The molecule has 3 heterocycles. The Bertz CT molecular complexity index is 736. The number of amides is 2. The van der Waals surface area contributed by atoms with Gasteiger partial charge in [0.15, 0.2) is 5.78 Å². The molecule has 0 aliphatic carbocycles. The number of anilines is 1. The molecular weight excluding hydrogens is 282 g/mol. The molecule has 0 radical (unpaired) electrons. The predicted octanol–water partition coefficient (Wildman–Crippen LogP) is 1.72. The number of ether oxygens (including phenoxy) is 1. The summed E-state index contributed by atoms with van der Waals surface area (Å²) in [6.07, 6.45) is 3.44. The van der Waals surface area contributed by atoms with Crippen LogP contribution in [0.25, 0.3) is 0 Å². The van der Waals surface area contributed by atoms with Crippen LogP contribution >= 0.6 is 0 Å². The summed E-state index contributed by atoms with van der Waals surface area (Å²) >= 11 is 0. The number of ketones is 1. The molecule has 22 heavy (non-hydrogen) atoms. The lowest BCUT2D eigenvalue weighted by molar-refractivity contribution is -0.126. The van der Waals surface area contributed by atoms with E-state index in [-0.39, 0.29) is 23.7 Å². The largest absolute Gasteiger partial charge is 0.362 e. The van der Waals surface area contributed by atoms with Crippen molar-refractivity contribution in [3.05, 3.63) is 42.0 Å². The van der Waals surface area contributed by atoms with Crippen LogP contribution in [-0.4, -0.2) is 29.3 Å². The van der Waals surface area contributed by atoms with E-state index < -0.39 is 17.4 Å². The maximum atomic E-state index is 12.7. The highest BCUT2D eigenvalue weighted by molar-refractivity contribution is 6.23. The molecule has 3 aliphatic rings. The molecule has 0 aromatic heterocycles. The Morgan fingerprint density at radius 1 is 1.18 bits per heavy atom. The number of hydrogen-bond donors (Lipinski definition) is 0. The zero-order valence-corrected chi connectivity index (χ0v) is 12.3. The molecule has 2 amide bonds. The van der Waals surface area contributed by atoms with Gasteiger partial charge in [-0.3, -0.25) is 14.4 Å². The monoisotopic (exact) mass is 297 g/mol. The third kappa shape index (κ3) is 1.54. The van der Waals surface area contributed by atoms with Crippen molar-refractivity contribution in [2.24, 2.45) is 11.8 Å². The summed E-state index contributed by atoms with van der Waals surface area (Å²) in [5, 5.41) is 0. The smallest absolute Gasteiger partial charge is 0.241 e. The first-order valence-corrected chi connectivity index (χ1v) is 7.28. The second kappa shape index (κ2) is 4.14. The zero-order chi connectivity index (χ0) is 15.6. The Hall–Kier alpha value is -2.27. The summed E-state index contributed by atoms with van der Waals surface area (Å²) in [6, 6.07) is 6.56. The van der Waals surface area contributed by atoms with Crippen molar-refractivity contribution in [2.45, 2.75) is 25.6 Å². The minimum Gasteiger partial charge on any atom is -0.362 e. The second-order valence-electron chi connectivity index (χ2n) is 6.24. The van der Waals surface area contributed by atoms with Gasteiger partial charge in [-0.25, -0.2) is 4.90 Å². The van der Waals surface area contributed by atoms with Gasteiger partial charge in [-0.2, -0.15) is 0 Å². The quantitative estimate of drug-likeness (QED) is 0.474. The number of hydrogen-bond acceptors (Lipinski definition) is 4. The summed E-state index contributed by atoms with van der Waals surface area (Å²) in [7, 11) is 0. The maximum absolute atomic E-state index is 12.7. The van der Waals surface area contributed by atoms with Crippen molar-refractivity contribution < 1.29 is 19.1 Å². The van der Waals surface area contributed by atoms with E-state index in [0.29, 0.717) is 11.3 Å². The van der Waals surface area contributed by atoms with Gasteiger partial charge in [0.25, 0.3) is 0 Å². The molecule has 2 saturated heterocycles. The Morgan fingerprint density at radius 2 is 1.86 bits per heavy atom. The van der Waals surface area contributed by atoms with Gasteiger partial charge in [0.1, 0.15) is 0 Å². The number of carbonyl (C=O) groups is 3. The normalized spacial score (nSPS) is 35.4. The van der Waals surface area contributed by atoms with Crippen LogP contribution in [0.5, 0.6) is 0 Å². The summed E-state index contributed by atoms with van der Waals surface area (Å²) in [6.45, 7) is 3.33. The number of fused-ring (bicyclic) bond motifs is 5. The fourth-order valence-electron chi connectivity index (χ4n) is 3.75. The van der Waals surface area contributed by atoms with E-state index in [4.69, 9.17) is 4.74 Å². The molecule has 2 fully saturated rings. The second-order valence-corrected chi connectivity index (χ2v) is 6.24. The van der Waals surface area contributed by atoms with Crippen LogP contribution in [0.2, 0.25) is 0 Å². The van der Waals surface area contributed by atoms with Gasteiger partial charge in [0.05, 0.1) is 29.2 Å². The lowest BCUT2D eigenvalue weighted by atomic mass is 9.78. The fourth-order valence-corrected chi connectivity index (χ4v) is 3.75. The lowest BCUT2D eigenvalue weighted by Crippen LogP contribution is -2.38. The molecule has 0 unspecified atom stereocenters. The van der Waals surface area contributed by atoms with Crippen molar-refractivity contribution in [3.63, 3.8) is 0 Å². The number of benzene rings is 1. The van der Waals surface area contributed by atoms with E-state index in [1.807, 2.05) is 19.1 Å².